The van der Waals surface area contributed by atoms with Gasteiger partial charge in [-0.15, -0.1) is 0 Å². The lowest BCUT2D eigenvalue weighted by molar-refractivity contribution is -0.135. The summed E-state index contributed by atoms with van der Waals surface area (Å²) in [5.41, 5.74) is 14.8. The van der Waals surface area contributed by atoms with Crippen molar-refractivity contribution < 1.29 is 19.4 Å². The molecule has 0 amide bonds. The van der Waals surface area contributed by atoms with E-state index in [4.69, 9.17) is 21.3 Å². The van der Waals surface area contributed by atoms with E-state index in [-0.39, 0.29) is 17.0 Å². The van der Waals surface area contributed by atoms with Crippen LogP contribution in [0.25, 0.3) is 11.8 Å². The lowest BCUT2D eigenvalue weighted by Gasteiger charge is -2.21. The van der Waals surface area contributed by atoms with Gasteiger partial charge in [-0.05, 0) is 35.9 Å². The molecule has 3 rings (SSSR count). The Morgan fingerprint density at radius 3 is 2.50 bits per heavy atom. The quantitative estimate of drug-likeness (QED) is 0.239. The number of hydrogen-bond acceptors (Lipinski definition) is 8. The van der Waals surface area contributed by atoms with E-state index >= 15 is 0 Å². The second-order valence-electron chi connectivity index (χ2n) is 7.63. The molecule has 0 aliphatic carbocycles. The minimum Gasteiger partial charge on any atom is -0.497 e. The number of carboxylic acids is 1. The van der Waals surface area contributed by atoms with Crippen molar-refractivity contribution in [2.24, 2.45) is 16.5 Å². The molecule has 0 fully saturated rings. The van der Waals surface area contributed by atoms with Gasteiger partial charge < -0.3 is 26.6 Å². The van der Waals surface area contributed by atoms with Crippen LogP contribution in [0.15, 0.2) is 95.3 Å². The van der Waals surface area contributed by atoms with Crippen LogP contribution in [0.1, 0.15) is 11.3 Å². The number of aromatic nitrogens is 1. The molecule has 0 bridgehead atoms. The zero-order valence-corrected chi connectivity index (χ0v) is 19.7. The van der Waals surface area contributed by atoms with Crippen molar-refractivity contribution in [2.75, 3.05) is 19.0 Å². The normalized spacial score (nSPS) is 13.1. The van der Waals surface area contributed by atoms with Gasteiger partial charge >= 0.3 is 5.97 Å². The Hall–Kier alpha value is -4.92. The van der Waals surface area contributed by atoms with Gasteiger partial charge in [-0.3, -0.25) is 19.6 Å². The first-order valence-electron chi connectivity index (χ1n) is 11.0. The number of nitrogens with two attached hydrogens (primary N) is 2. The van der Waals surface area contributed by atoms with Gasteiger partial charge in [0.25, 0.3) is 0 Å². The van der Waals surface area contributed by atoms with E-state index in [2.05, 4.69) is 15.3 Å². The summed E-state index contributed by atoms with van der Waals surface area (Å²) in [5.74, 6) is -1.06. The summed E-state index contributed by atoms with van der Waals surface area (Å²) in [6, 6.07) is 20.1. The van der Waals surface area contributed by atoms with E-state index in [1.54, 1.807) is 79.0 Å². The Morgan fingerprint density at radius 1 is 1.08 bits per heavy atom. The highest BCUT2D eigenvalue weighted by atomic mass is 16.5. The third-order valence-electron chi connectivity index (χ3n) is 5.07. The maximum Gasteiger partial charge on any atom is 0.325 e. The van der Waals surface area contributed by atoms with Crippen LogP contribution in [-0.4, -0.2) is 47.8 Å². The fourth-order valence-electron chi connectivity index (χ4n) is 3.30. The number of anilines is 1. The van der Waals surface area contributed by atoms with Crippen molar-refractivity contribution >= 4 is 35.4 Å². The number of rotatable bonds is 11. The van der Waals surface area contributed by atoms with Crippen LogP contribution in [0.2, 0.25) is 0 Å². The van der Waals surface area contributed by atoms with Gasteiger partial charge in [0, 0.05) is 29.9 Å². The summed E-state index contributed by atoms with van der Waals surface area (Å²) in [6.45, 7) is -0.522. The van der Waals surface area contributed by atoms with Crippen molar-refractivity contribution in [3.05, 3.63) is 102 Å². The number of nitrogens with one attached hydrogen (secondary N) is 1. The van der Waals surface area contributed by atoms with Gasteiger partial charge in [0.05, 0.1) is 24.1 Å². The predicted molar refractivity (Wildman–Crippen MR) is 140 cm³/mol. The number of methoxy groups -OCH3 is 1. The van der Waals surface area contributed by atoms with Gasteiger partial charge in [0.15, 0.2) is 5.78 Å². The molecule has 2 aromatic carbocycles. The number of ketones is 1. The zero-order valence-electron chi connectivity index (χ0n) is 19.7. The molecule has 1 heterocycles. The number of benzene rings is 2. The summed E-state index contributed by atoms with van der Waals surface area (Å²) < 4.78 is 5.29. The highest BCUT2D eigenvalue weighted by molar-refractivity contribution is 6.22. The largest absolute Gasteiger partial charge is 0.497 e. The smallest absolute Gasteiger partial charge is 0.325 e. The van der Waals surface area contributed by atoms with Gasteiger partial charge in [-0.1, -0.05) is 42.5 Å². The maximum absolute atomic E-state index is 13.9. The molecule has 1 atom stereocenters. The molecule has 0 aliphatic rings. The van der Waals surface area contributed by atoms with Gasteiger partial charge in [-0.2, -0.15) is 0 Å². The van der Waals surface area contributed by atoms with Gasteiger partial charge in [-0.25, -0.2) is 0 Å². The molecule has 1 aromatic heterocycles. The molecule has 0 aliphatic heterocycles. The first kappa shape index (κ1) is 25.7. The van der Waals surface area contributed by atoms with Crippen LogP contribution in [0.3, 0.4) is 0 Å². The molecule has 9 nitrogen and oxygen atoms in total. The lowest BCUT2D eigenvalue weighted by atomic mass is 9.97. The van der Waals surface area contributed by atoms with Crippen molar-refractivity contribution in [2.45, 2.75) is 6.04 Å². The van der Waals surface area contributed by atoms with Gasteiger partial charge in [0.1, 0.15) is 18.3 Å². The zero-order chi connectivity index (χ0) is 25.9. The SMILES string of the molecule is COc1cccc(NC(C(=O)C(C=NCC(=O)O)=C(N)c2ccccc2)C(N)=Cc2ccccn2)c1. The predicted octanol–water partition coefficient (Wildman–Crippen LogP) is 2.97. The Bertz CT molecular complexity index is 1290. The summed E-state index contributed by atoms with van der Waals surface area (Å²) in [7, 11) is 1.54. The molecule has 0 saturated carbocycles. The van der Waals surface area contributed by atoms with Crippen LogP contribution in [0.5, 0.6) is 5.75 Å². The number of carbonyl (C=O) groups excluding carboxylic acids is 1. The van der Waals surface area contributed by atoms with Crippen LogP contribution in [0.4, 0.5) is 5.69 Å². The summed E-state index contributed by atoms with van der Waals surface area (Å²) in [4.78, 5) is 33.1. The topological polar surface area (TPSA) is 153 Å². The van der Waals surface area contributed by atoms with E-state index in [0.717, 1.165) is 0 Å². The lowest BCUT2D eigenvalue weighted by Crippen LogP contribution is -2.37. The first-order chi connectivity index (χ1) is 17.4. The molecule has 0 radical (unpaired) electrons. The molecule has 0 spiro atoms. The molecular formula is C27H27N5O4. The van der Waals surface area contributed by atoms with E-state index in [1.807, 2.05) is 6.07 Å². The molecule has 9 heteroatoms. The van der Waals surface area contributed by atoms with Crippen LogP contribution in [-0.2, 0) is 9.59 Å². The third-order valence-corrected chi connectivity index (χ3v) is 5.07. The summed E-state index contributed by atoms with van der Waals surface area (Å²) >= 11 is 0. The van der Waals surface area contributed by atoms with Crippen molar-refractivity contribution in [3.8, 4) is 5.75 Å². The number of aliphatic carboxylic acids is 1. The standard InChI is InChI=1S/C27H27N5O4/c1-36-21-12-7-11-20(14-21)32-26(23(28)15-19-10-5-6-13-31-19)27(35)22(16-30-17-24(33)34)25(29)18-8-3-2-4-9-18/h2-16,26,32H,17,28-29H2,1H3,(H,33,34). The van der Waals surface area contributed by atoms with Gasteiger partial charge in [0.2, 0.25) is 0 Å². The fourth-order valence-corrected chi connectivity index (χ4v) is 3.30. The Kier molecular flexibility index (Phi) is 8.94. The molecule has 3 aromatic rings. The number of carboxylic acid groups (broad SMARTS) is 1. The van der Waals surface area contributed by atoms with Crippen molar-refractivity contribution in [3.63, 3.8) is 0 Å². The Morgan fingerprint density at radius 2 is 1.83 bits per heavy atom. The van der Waals surface area contributed by atoms with Crippen LogP contribution < -0.4 is 21.5 Å². The average Bonchev–Trinajstić information content (AvgIpc) is 2.90. The Labute approximate surface area is 208 Å². The summed E-state index contributed by atoms with van der Waals surface area (Å²) in [6.07, 6.45) is 4.37. The Balaban J connectivity index is 2.10. The second-order valence-corrected chi connectivity index (χ2v) is 7.63. The minimum absolute atomic E-state index is 0.0141. The van der Waals surface area contributed by atoms with E-state index in [0.29, 0.717) is 22.7 Å². The molecule has 36 heavy (non-hydrogen) atoms. The van der Waals surface area contributed by atoms with E-state index in [1.165, 1.54) is 13.3 Å². The number of nitrogens with zero attached hydrogens (tertiary/aromatic N) is 2. The maximum atomic E-state index is 13.9. The van der Waals surface area contributed by atoms with Crippen LogP contribution in [0, 0.1) is 0 Å². The van der Waals surface area contributed by atoms with E-state index < -0.39 is 24.3 Å². The number of Topliss-reactive ketones (excluding diaryl/α,β-unsaturated/α-hetero) is 1. The molecule has 184 valence electrons. The highest BCUT2D eigenvalue weighted by Gasteiger charge is 2.26. The molecule has 6 N–H and O–H groups in total. The number of hydrogen-bond donors (Lipinski definition) is 4. The summed E-state index contributed by atoms with van der Waals surface area (Å²) in [5, 5.41) is 12.2. The molecular weight excluding hydrogens is 458 g/mol. The fraction of sp³-hybridized carbons (Fsp3) is 0.111. The number of carbonyl (C=O) groups is 2. The second kappa shape index (κ2) is 12.5. The van der Waals surface area contributed by atoms with Crippen molar-refractivity contribution in [1.82, 2.24) is 4.98 Å². The first-order valence-corrected chi connectivity index (χ1v) is 11.0. The van der Waals surface area contributed by atoms with E-state index in [9.17, 15) is 9.59 Å². The number of ether oxygens (including phenoxy) is 1. The minimum atomic E-state index is -1.14. The third kappa shape index (κ3) is 7.04. The molecule has 0 saturated heterocycles. The highest BCUT2D eigenvalue weighted by Crippen LogP contribution is 2.22. The van der Waals surface area contributed by atoms with Crippen molar-refractivity contribution in [1.29, 1.82) is 0 Å². The number of pyridine rings is 1. The monoisotopic (exact) mass is 485 g/mol. The average molecular weight is 486 g/mol. The molecule has 1 unspecified atom stereocenters. The van der Waals surface area contributed by atoms with Crippen LogP contribution >= 0.6 is 0 Å². The number of aliphatic imine (C=N–C) groups is 1.